The third kappa shape index (κ3) is 3.09. The van der Waals surface area contributed by atoms with E-state index in [0.717, 1.165) is 32.6 Å². The first-order valence-corrected chi connectivity index (χ1v) is 4.83. The van der Waals surface area contributed by atoms with Crippen LogP contribution in [-0.2, 0) is 0 Å². The third-order valence-corrected chi connectivity index (χ3v) is 2.46. The molecule has 1 aliphatic heterocycles. The van der Waals surface area contributed by atoms with Gasteiger partial charge < -0.3 is 10.4 Å². The average molecular weight is 172 g/mol. The highest BCUT2D eigenvalue weighted by Gasteiger charge is 2.17. The van der Waals surface area contributed by atoms with E-state index < -0.39 is 0 Å². The molecular weight excluding hydrogens is 152 g/mol. The molecule has 0 aromatic heterocycles. The summed E-state index contributed by atoms with van der Waals surface area (Å²) in [5, 5.41) is 12.5. The van der Waals surface area contributed by atoms with Crippen LogP contribution in [0.4, 0.5) is 0 Å². The van der Waals surface area contributed by atoms with Gasteiger partial charge in [0.25, 0.3) is 0 Å². The predicted molar refractivity (Wildman–Crippen MR) is 50.2 cm³/mol. The highest BCUT2D eigenvalue weighted by atomic mass is 16.3. The molecule has 72 valence electrons. The maximum atomic E-state index is 9.21. The average Bonchev–Trinajstić information content (AvgIpc) is 2.05. The van der Waals surface area contributed by atoms with Gasteiger partial charge in [-0.1, -0.05) is 0 Å². The second-order valence-electron chi connectivity index (χ2n) is 3.72. The summed E-state index contributed by atoms with van der Waals surface area (Å²) in [6.45, 7) is 8.47. The van der Waals surface area contributed by atoms with Crippen molar-refractivity contribution >= 4 is 0 Å². The standard InChI is InChI=1S/C9H20N2O/c1-8(7-9(2)12)11-5-3-10-4-6-11/h8-10,12H,3-7H2,1-2H3. The Kier molecular flexibility index (Phi) is 3.98. The summed E-state index contributed by atoms with van der Waals surface area (Å²) >= 11 is 0. The fourth-order valence-corrected chi connectivity index (χ4v) is 1.77. The van der Waals surface area contributed by atoms with Crippen LogP contribution in [0.25, 0.3) is 0 Å². The lowest BCUT2D eigenvalue weighted by Crippen LogP contribution is -2.48. The molecule has 2 N–H and O–H groups in total. The number of aliphatic hydroxyl groups is 1. The minimum atomic E-state index is -0.171. The topological polar surface area (TPSA) is 35.5 Å². The molecule has 0 spiro atoms. The molecule has 1 rings (SSSR count). The largest absolute Gasteiger partial charge is 0.393 e. The Hall–Kier alpha value is -0.120. The normalized spacial score (nSPS) is 25.2. The van der Waals surface area contributed by atoms with E-state index in [-0.39, 0.29) is 6.10 Å². The molecule has 1 heterocycles. The zero-order valence-corrected chi connectivity index (χ0v) is 8.08. The van der Waals surface area contributed by atoms with E-state index in [4.69, 9.17) is 0 Å². The van der Waals surface area contributed by atoms with Crippen LogP contribution in [0.2, 0.25) is 0 Å². The maximum absolute atomic E-state index is 9.21. The summed E-state index contributed by atoms with van der Waals surface area (Å²) in [7, 11) is 0. The molecular formula is C9H20N2O. The number of hydrogen-bond acceptors (Lipinski definition) is 3. The van der Waals surface area contributed by atoms with Crippen LogP contribution in [0.1, 0.15) is 20.3 Å². The van der Waals surface area contributed by atoms with Crippen LogP contribution in [0, 0.1) is 0 Å². The van der Waals surface area contributed by atoms with Crippen molar-refractivity contribution in [1.82, 2.24) is 10.2 Å². The number of piperazine rings is 1. The van der Waals surface area contributed by atoms with Crippen molar-refractivity contribution in [1.29, 1.82) is 0 Å². The van der Waals surface area contributed by atoms with Gasteiger partial charge in [0.2, 0.25) is 0 Å². The molecule has 1 aliphatic rings. The summed E-state index contributed by atoms with van der Waals surface area (Å²) in [6.07, 6.45) is 0.717. The van der Waals surface area contributed by atoms with Gasteiger partial charge in [-0.15, -0.1) is 0 Å². The summed E-state index contributed by atoms with van der Waals surface area (Å²) in [6, 6.07) is 0.520. The summed E-state index contributed by atoms with van der Waals surface area (Å²) in [5.74, 6) is 0. The third-order valence-electron chi connectivity index (χ3n) is 2.46. The maximum Gasteiger partial charge on any atom is 0.0526 e. The number of rotatable bonds is 3. The highest BCUT2D eigenvalue weighted by molar-refractivity contribution is 4.74. The molecule has 0 aromatic rings. The minimum absolute atomic E-state index is 0.171. The second kappa shape index (κ2) is 4.80. The summed E-state index contributed by atoms with van der Waals surface area (Å²) in [4.78, 5) is 2.43. The van der Waals surface area contributed by atoms with Gasteiger partial charge in [-0.3, -0.25) is 4.90 Å². The second-order valence-corrected chi connectivity index (χ2v) is 3.72. The predicted octanol–water partition coefficient (Wildman–Crippen LogP) is 0.0510. The molecule has 0 bridgehead atoms. The quantitative estimate of drug-likeness (QED) is 0.631. The van der Waals surface area contributed by atoms with Crippen molar-refractivity contribution in [2.75, 3.05) is 26.2 Å². The van der Waals surface area contributed by atoms with E-state index >= 15 is 0 Å². The Morgan fingerprint density at radius 3 is 2.42 bits per heavy atom. The Bertz CT molecular complexity index is 122. The number of nitrogens with zero attached hydrogens (tertiary/aromatic N) is 1. The molecule has 2 atom stereocenters. The molecule has 3 nitrogen and oxygen atoms in total. The van der Waals surface area contributed by atoms with Gasteiger partial charge in [-0.2, -0.15) is 0 Å². The summed E-state index contributed by atoms with van der Waals surface area (Å²) < 4.78 is 0. The highest BCUT2D eigenvalue weighted by Crippen LogP contribution is 2.07. The van der Waals surface area contributed by atoms with Crippen LogP contribution in [0.3, 0.4) is 0 Å². The molecule has 0 aliphatic carbocycles. The van der Waals surface area contributed by atoms with Gasteiger partial charge in [0.05, 0.1) is 6.10 Å². The molecule has 0 aromatic carbocycles. The fraction of sp³-hybridized carbons (Fsp3) is 1.00. The molecule has 1 saturated heterocycles. The Balaban J connectivity index is 2.24. The van der Waals surface area contributed by atoms with Gasteiger partial charge >= 0.3 is 0 Å². The van der Waals surface area contributed by atoms with E-state index in [0.29, 0.717) is 6.04 Å². The molecule has 0 radical (unpaired) electrons. The van der Waals surface area contributed by atoms with Gasteiger partial charge in [-0.05, 0) is 20.3 Å². The smallest absolute Gasteiger partial charge is 0.0526 e. The first-order chi connectivity index (χ1) is 5.70. The van der Waals surface area contributed by atoms with Crippen LogP contribution in [0.5, 0.6) is 0 Å². The molecule has 0 amide bonds. The lowest BCUT2D eigenvalue weighted by atomic mass is 10.1. The first kappa shape index (κ1) is 9.96. The SMILES string of the molecule is CC(O)CC(C)N1CCNCC1. The van der Waals surface area contributed by atoms with Crippen molar-refractivity contribution in [2.45, 2.75) is 32.4 Å². The molecule has 1 fully saturated rings. The van der Waals surface area contributed by atoms with Crippen LogP contribution >= 0.6 is 0 Å². The molecule has 12 heavy (non-hydrogen) atoms. The Labute approximate surface area is 74.8 Å². The van der Waals surface area contributed by atoms with E-state index in [1.807, 2.05) is 6.92 Å². The number of hydrogen-bond donors (Lipinski definition) is 2. The van der Waals surface area contributed by atoms with Gasteiger partial charge in [0.15, 0.2) is 0 Å². The molecule has 2 unspecified atom stereocenters. The van der Waals surface area contributed by atoms with Crippen molar-refractivity contribution in [2.24, 2.45) is 0 Å². The molecule has 0 saturated carbocycles. The fourth-order valence-electron chi connectivity index (χ4n) is 1.77. The first-order valence-electron chi connectivity index (χ1n) is 4.83. The monoisotopic (exact) mass is 172 g/mol. The lowest BCUT2D eigenvalue weighted by molar-refractivity contribution is 0.111. The van der Waals surface area contributed by atoms with Gasteiger partial charge in [-0.25, -0.2) is 0 Å². The van der Waals surface area contributed by atoms with Crippen LogP contribution in [0.15, 0.2) is 0 Å². The van der Waals surface area contributed by atoms with E-state index in [9.17, 15) is 5.11 Å². The number of aliphatic hydroxyl groups excluding tert-OH is 1. The van der Waals surface area contributed by atoms with Crippen LogP contribution < -0.4 is 5.32 Å². The van der Waals surface area contributed by atoms with E-state index in [1.165, 1.54) is 0 Å². The van der Waals surface area contributed by atoms with Crippen molar-refractivity contribution in [3.63, 3.8) is 0 Å². The van der Waals surface area contributed by atoms with E-state index in [1.54, 1.807) is 0 Å². The van der Waals surface area contributed by atoms with Gasteiger partial charge in [0, 0.05) is 32.2 Å². The zero-order chi connectivity index (χ0) is 8.97. The molecule has 3 heteroatoms. The minimum Gasteiger partial charge on any atom is -0.393 e. The van der Waals surface area contributed by atoms with Crippen LogP contribution in [-0.4, -0.2) is 48.3 Å². The number of nitrogens with one attached hydrogen (secondary N) is 1. The lowest BCUT2D eigenvalue weighted by Gasteiger charge is -2.33. The van der Waals surface area contributed by atoms with Crippen molar-refractivity contribution < 1.29 is 5.11 Å². The van der Waals surface area contributed by atoms with E-state index in [2.05, 4.69) is 17.1 Å². The summed E-state index contributed by atoms with van der Waals surface area (Å²) in [5.41, 5.74) is 0. The van der Waals surface area contributed by atoms with Crippen molar-refractivity contribution in [3.8, 4) is 0 Å². The van der Waals surface area contributed by atoms with Crippen molar-refractivity contribution in [3.05, 3.63) is 0 Å². The Morgan fingerprint density at radius 2 is 1.92 bits per heavy atom. The Morgan fingerprint density at radius 1 is 1.33 bits per heavy atom. The zero-order valence-electron chi connectivity index (χ0n) is 8.08. The van der Waals surface area contributed by atoms with Gasteiger partial charge in [0.1, 0.15) is 0 Å².